The molecular weight excluding hydrogens is 909 g/mol. The Morgan fingerprint density at radius 1 is 0.781 bits per heavy atom. The number of anilines is 1. The van der Waals surface area contributed by atoms with E-state index >= 15 is 0 Å². The number of hydrogen-bond donors (Lipinski definition) is 3. The van der Waals surface area contributed by atoms with Crippen molar-refractivity contribution in [3.63, 3.8) is 0 Å². The number of benzene rings is 3. The Labute approximate surface area is 369 Å². The SMILES string of the molecule is CCN1C(=CC=CC=CC2=[N+](CCCCCC(=O)Oc3c(F)c(F)cc(F)c3F)c3ccc(S(=O)(=O)O)cc3C2(C)CCOC)C(C)(CCCS(=O)(=O)O)c2cc(S(=O)(=O)O)ccc21. The van der Waals surface area contributed by atoms with Crippen molar-refractivity contribution in [3.05, 3.63) is 113 Å². The van der Waals surface area contributed by atoms with E-state index in [0.717, 1.165) is 0 Å². The van der Waals surface area contributed by atoms with E-state index in [-0.39, 0.29) is 48.1 Å². The summed E-state index contributed by atoms with van der Waals surface area (Å²) in [5.74, 6) is -10.2. The molecule has 2 atom stereocenters. The number of likely N-dealkylation sites (N-methyl/N-ethyl adjacent to an activating group) is 1. The van der Waals surface area contributed by atoms with Crippen molar-refractivity contribution in [2.24, 2.45) is 0 Å². The summed E-state index contributed by atoms with van der Waals surface area (Å²) in [6, 6.07) is 8.42. The monoisotopic (exact) mass is 957 g/mol. The molecule has 3 aromatic rings. The highest BCUT2D eigenvalue weighted by molar-refractivity contribution is 7.86. The van der Waals surface area contributed by atoms with Crippen LogP contribution >= 0.6 is 0 Å². The molecule has 21 heteroatoms. The molecule has 0 aliphatic carbocycles. The molecule has 0 spiro atoms. The van der Waals surface area contributed by atoms with E-state index < -0.39 is 81.9 Å². The van der Waals surface area contributed by atoms with Crippen LogP contribution in [0.2, 0.25) is 0 Å². The lowest BCUT2D eigenvalue weighted by Gasteiger charge is -2.30. The molecule has 2 heterocycles. The fraction of sp³-hybridized carbons (Fsp3) is 0.395. The van der Waals surface area contributed by atoms with E-state index in [4.69, 9.17) is 4.74 Å². The average Bonchev–Trinajstić information content (AvgIpc) is 3.59. The number of carbonyl (C=O) groups is 1. The van der Waals surface area contributed by atoms with E-state index in [1.165, 1.54) is 31.4 Å². The molecule has 0 saturated carbocycles. The summed E-state index contributed by atoms with van der Waals surface area (Å²) in [7, 11) is -12.0. The minimum absolute atomic E-state index is 0.00277. The number of nitrogens with zero attached hydrogens (tertiary/aromatic N) is 2. The lowest BCUT2D eigenvalue weighted by atomic mass is 9.76. The minimum Gasteiger partial charge on any atom is -0.420 e. The van der Waals surface area contributed by atoms with E-state index in [9.17, 15) is 61.3 Å². The highest BCUT2D eigenvalue weighted by Crippen LogP contribution is 2.51. The molecule has 3 aromatic carbocycles. The molecule has 2 unspecified atom stereocenters. The number of halogens is 4. The third-order valence-electron chi connectivity index (χ3n) is 11.5. The van der Waals surface area contributed by atoms with Crippen molar-refractivity contribution in [1.82, 2.24) is 0 Å². The molecule has 348 valence electrons. The Morgan fingerprint density at radius 3 is 2.00 bits per heavy atom. The van der Waals surface area contributed by atoms with Crippen LogP contribution in [-0.4, -0.2) is 87.7 Å². The van der Waals surface area contributed by atoms with Gasteiger partial charge in [0.2, 0.25) is 23.1 Å². The van der Waals surface area contributed by atoms with Gasteiger partial charge in [0.25, 0.3) is 30.4 Å². The molecular formula is C43H49F4N2O12S3+. The number of fused-ring (bicyclic) bond motifs is 2. The van der Waals surface area contributed by atoms with Crippen molar-refractivity contribution in [1.29, 1.82) is 0 Å². The molecule has 5 rings (SSSR count). The first-order valence-electron chi connectivity index (χ1n) is 20.1. The first kappa shape index (κ1) is 50.2. The number of rotatable bonds is 20. The van der Waals surface area contributed by atoms with Gasteiger partial charge in [-0.05, 0) is 94.8 Å². The maximum Gasteiger partial charge on any atom is 0.311 e. The van der Waals surface area contributed by atoms with Crippen LogP contribution in [0.15, 0.2) is 88.3 Å². The van der Waals surface area contributed by atoms with Crippen molar-refractivity contribution >= 4 is 53.4 Å². The van der Waals surface area contributed by atoms with Crippen LogP contribution in [0.25, 0.3) is 0 Å². The summed E-state index contributed by atoms with van der Waals surface area (Å²) in [4.78, 5) is 13.7. The molecule has 64 heavy (non-hydrogen) atoms. The first-order valence-corrected chi connectivity index (χ1v) is 24.6. The zero-order valence-corrected chi connectivity index (χ0v) is 37.8. The van der Waals surface area contributed by atoms with Gasteiger partial charge in [-0.2, -0.15) is 38.6 Å². The quantitative estimate of drug-likeness (QED) is 0.0145. The van der Waals surface area contributed by atoms with Gasteiger partial charge >= 0.3 is 5.97 Å². The third-order valence-corrected chi connectivity index (χ3v) is 14.0. The molecule has 0 bridgehead atoms. The molecule has 2 aliphatic rings. The van der Waals surface area contributed by atoms with Gasteiger partial charge < -0.3 is 14.4 Å². The summed E-state index contributed by atoms with van der Waals surface area (Å²) < 4.78 is 169. The van der Waals surface area contributed by atoms with E-state index in [1.807, 2.05) is 36.3 Å². The third kappa shape index (κ3) is 11.0. The molecule has 0 amide bonds. The number of methoxy groups -OCH3 is 1. The summed E-state index contributed by atoms with van der Waals surface area (Å²) in [6.45, 7) is 6.58. The lowest BCUT2D eigenvalue weighted by Crippen LogP contribution is -2.33. The maximum absolute atomic E-state index is 14.1. The van der Waals surface area contributed by atoms with Gasteiger partial charge in [0.1, 0.15) is 6.54 Å². The maximum atomic E-state index is 14.1. The van der Waals surface area contributed by atoms with Gasteiger partial charge in [-0.15, -0.1) is 0 Å². The summed E-state index contributed by atoms with van der Waals surface area (Å²) in [5.41, 5.74) is 1.93. The van der Waals surface area contributed by atoms with Crippen molar-refractivity contribution in [2.75, 3.05) is 37.5 Å². The first-order chi connectivity index (χ1) is 29.9. The van der Waals surface area contributed by atoms with E-state index in [2.05, 4.69) is 4.74 Å². The van der Waals surface area contributed by atoms with Gasteiger partial charge in [0.05, 0.1) is 21.0 Å². The number of unbranched alkanes of at least 4 members (excludes halogenated alkanes) is 2. The Balaban J connectivity index is 1.46. The standard InChI is InChI=1S/C43H48F4N2O12S3/c1-5-48-34-18-16-28(63(54,55)56)25-30(34)42(2,20-12-24-62(51,52)53)36(48)13-8-6-9-14-37-43(3,21-23-60-4)31-26-29(64(57,58)59)17-19-35(31)49(37)22-11-7-10-15-38(50)61-41-39(46)32(44)27-33(45)40(41)47/h6,8-9,13-14,16-19,25-27H,5,7,10-12,15,20-24H2,1-4H3,(H2-,51,52,53,54,55,56,57,58,59)/p+1. The largest absolute Gasteiger partial charge is 0.420 e. The van der Waals surface area contributed by atoms with Gasteiger partial charge in [-0.3, -0.25) is 18.5 Å². The number of carbonyl (C=O) groups excluding carboxylic acids is 1. The summed E-state index contributed by atoms with van der Waals surface area (Å²) >= 11 is 0. The Morgan fingerprint density at radius 2 is 1.41 bits per heavy atom. The van der Waals surface area contributed by atoms with Crippen LogP contribution in [0, 0.1) is 23.3 Å². The predicted molar refractivity (Wildman–Crippen MR) is 229 cm³/mol. The van der Waals surface area contributed by atoms with Gasteiger partial charge in [0.15, 0.2) is 17.3 Å². The fourth-order valence-electron chi connectivity index (χ4n) is 8.29. The molecule has 3 N–H and O–H groups in total. The number of hydrogen-bond acceptors (Lipinski definition) is 10. The molecule has 14 nitrogen and oxygen atoms in total. The minimum atomic E-state index is -4.60. The molecule has 0 saturated heterocycles. The van der Waals surface area contributed by atoms with Crippen molar-refractivity contribution < 1.29 is 75.3 Å². The molecule has 0 aromatic heterocycles. The van der Waals surface area contributed by atoms with Gasteiger partial charge in [-0.1, -0.05) is 18.2 Å². The average molecular weight is 958 g/mol. The van der Waals surface area contributed by atoms with Gasteiger partial charge in [-0.25, -0.2) is 8.78 Å². The van der Waals surface area contributed by atoms with Gasteiger partial charge in [0, 0.05) is 73.7 Å². The van der Waals surface area contributed by atoms with E-state index in [1.54, 1.807) is 36.4 Å². The number of ether oxygens (including phenoxy) is 2. The Hall–Kier alpha value is -4.77. The molecule has 0 fully saturated rings. The highest BCUT2D eigenvalue weighted by Gasteiger charge is 2.48. The Bertz CT molecular complexity index is 2750. The van der Waals surface area contributed by atoms with Crippen molar-refractivity contribution in [2.45, 2.75) is 86.3 Å². The molecule has 2 aliphatic heterocycles. The van der Waals surface area contributed by atoms with Crippen LogP contribution in [0.4, 0.5) is 28.9 Å². The second kappa shape index (κ2) is 19.8. The second-order valence-electron chi connectivity index (χ2n) is 15.8. The van der Waals surface area contributed by atoms with Crippen LogP contribution in [0.5, 0.6) is 5.75 Å². The zero-order valence-electron chi connectivity index (χ0n) is 35.4. The summed E-state index contributed by atoms with van der Waals surface area (Å²) in [5, 5.41) is 0. The Kier molecular flexibility index (Phi) is 15.5. The molecule has 0 radical (unpaired) electrons. The normalized spacial score (nSPS) is 19.7. The topological polar surface area (TPSA) is 205 Å². The smallest absolute Gasteiger partial charge is 0.311 e. The van der Waals surface area contributed by atoms with Crippen LogP contribution in [0.1, 0.15) is 76.8 Å². The predicted octanol–water partition coefficient (Wildman–Crippen LogP) is 7.76. The highest BCUT2D eigenvalue weighted by atomic mass is 32.2. The van der Waals surface area contributed by atoms with Crippen LogP contribution in [0.3, 0.4) is 0 Å². The number of esters is 1. The van der Waals surface area contributed by atoms with Crippen molar-refractivity contribution in [3.8, 4) is 5.75 Å². The number of allylic oxidation sites excluding steroid dienone is 6. The van der Waals surface area contributed by atoms with Crippen LogP contribution in [-0.2, 0) is 50.7 Å². The second-order valence-corrected chi connectivity index (χ2v) is 20.2. The lowest BCUT2D eigenvalue weighted by molar-refractivity contribution is -0.438. The summed E-state index contributed by atoms with van der Waals surface area (Å²) in [6.07, 6.45) is 10.0. The zero-order chi connectivity index (χ0) is 47.4. The van der Waals surface area contributed by atoms with E-state index in [0.29, 0.717) is 66.3 Å². The van der Waals surface area contributed by atoms with Crippen LogP contribution < -0.4 is 9.64 Å². The fourth-order valence-corrected chi connectivity index (χ4v) is 9.81.